The van der Waals surface area contributed by atoms with Crippen molar-refractivity contribution < 1.29 is 55.2 Å². The first-order valence-electron chi connectivity index (χ1n) is 13.5. The van der Waals surface area contributed by atoms with E-state index in [1.807, 2.05) is 0 Å². The molecule has 0 aliphatic carbocycles. The minimum atomic E-state index is -4.28. The Morgan fingerprint density at radius 3 is 1.48 bits per heavy atom. The van der Waals surface area contributed by atoms with E-state index in [1.165, 1.54) is 12.4 Å². The summed E-state index contributed by atoms with van der Waals surface area (Å²) in [5, 5.41) is 34.9. The molecule has 2 heterocycles. The number of aliphatic imine (C=N–C) groups is 2. The lowest BCUT2D eigenvalue weighted by Gasteiger charge is -2.15. The zero-order valence-corrected chi connectivity index (χ0v) is 29.1. The minimum absolute atomic E-state index is 0.0161. The number of hydrogen-bond acceptors (Lipinski definition) is 24. The molecule has 24 nitrogen and oxygen atoms in total. The van der Waals surface area contributed by atoms with Crippen LogP contribution >= 0.6 is 24.1 Å². The van der Waals surface area contributed by atoms with Crippen molar-refractivity contribution in [1.82, 2.24) is 29.9 Å². The van der Waals surface area contributed by atoms with E-state index < -0.39 is 31.7 Å². The quantitative estimate of drug-likeness (QED) is 0.0181. The van der Waals surface area contributed by atoms with E-state index in [0.717, 1.165) is 24.1 Å². The lowest BCUT2D eigenvalue weighted by atomic mass is 10.1. The van der Waals surface area contributed by atoms with E-state index in [1.54, 1.807) is 26.0 Å². The summed E-state index contributed by atoms with van der Waals surface area (Å²) in [6.45, 7) is 3.06. The molecule has 0 saturated heterocycles. The summed E-state index contributed by atoms with van der Waals surface area (Å²) in [7, 11) is -8.55. The zero-order chi connectivity index (χ0) is 36.6. The molecule has 50 heavy (non-hydrogen) atoms. The summed E-state index contributed by atoms with van der Waals surface area (Å²) in [4.78, 5) is 33.5. The van der Waals surface area contributed by atoms with Crippen molar-refractivity contribution >= 4 is 104 Å². The largest absolute Gasteiger partial charge is 0.353 e. The van der Waals surface area contributed by atoms with Crippen molar-refractivity contribution in [2.24, 2.45) is 9.98 Å². The smallest absolute Gasteiger partial charge is 0.266 e. The van der Waals surface area contributed by atoms with Gasteiger partial charge in [0.1, 0.15) is 0 Å². The van der Waals surface area contributed by atoms with Crippen molar-refractivity contribution in [2.45, 2.75) is 13.8 Å². The molecule has 3 rings (SSSR count). The third-order valence-electron chi connectivity index (χ3n) is 5.45. The molecule has 0 atom stereocenters. The number of hydrogen-bond donors (Lipinski definition) is 8. The molecule has 1 aromatic carbocycles. The van der Waals surface area contributed by atoms with E-state index in [0.29, 0.717) is 22.5 Å². The summed E-state index contributed by atoms with van der Waals surface area (Å²) >= 11 is 1.49. The fourth-order valence-corrected chi connectivity index (χ4v) is 4.61. The van der Waals surface area contributed by atoms with Gasteiger partial charge in [0.2, 0.25) is 23.8 Å². The maximum atomic E-state index is 11.1. The monoisotopic (exact) mass is 782 g/mol. The number of benzene rings is 1. The molecular weight excluding hydrogens is 753 g/mol. The average molecular weight is 783 g/mol. The molecule has 0 saturated carbocycles. The molecule has 0 bridgehead atoms. The van der Waals surface area contributed by atoms with Crippen LogP contribution in [0, 0.1) is 13.8 Å². The Morgan fingerprint density at radius 1 is 0.680 bits per heavy atom. The number of aromatic nitrogens is 6. The van der Waals surface area contributed by atoms with E-state index in [-0.39, 0.29) is 60.3 Å². The molecule has 8 N–H and O–H groups in total. The van der Waals surface area contributed by atoms with Crippen molar-refractivity contribution in [1.29, 1.82) is 0 Å². The summed E-state index contributed by atoms with van der Waals surface area (Å²) < 4.78 is 71.1. The first kappa shape index (κ1) is 40.5. The maximum Gasteiger partial charge on any atom is 0.266 e. The summed E-state index contributed by atoms with van der Waals surface area (Å²) in [6, 6.07) is 3.51. The van der Waals surface area contributed by atoms with Gasteiger partial charge in [-0.1, -0.05) is 10.1 Å². The number of nitrogens with one attached hydrogen (secondary N) is 4. The highest BCUT2D eigenvalue weighted by Crippen LogP contribution is 2.29. The van der Waals surface area contributed by atoms with Crippen LogP contribution in [0.1, 0.15) is 11.1 Å². The SMILES string of the molecule is Cc1cc(Nc2nc(NCCS(=O)(=O)O)nc(NCCS(=O)(=O)O)n2)c(C)cc1Nc1nc(/N=C\CSOOO)nc(/N=C/CSOOO)n1. The zero-order valence-electron chi connectivity index (χ0n) is 25.8. The van der Waals surface area contributed by atoms with Gasteiger partial charge in [0.05, 0.1) is 23.0 Å². The van der Waals surface area contributed by atoms with Crippen molar-refractivity contribution in [3.8, 4) is 0 Å². The molecule has 0 radical (unpaired) electrons. The van der Waals surface area contributed by atoms with Crippen molar-refractivity contribution in [2.75, 3.05) is 57.4 Å². The Kier molecular flexibility index (Phi) is 16.2. The Labute approximate surface area is 292 Å². The Bertz CT molecular complexity index is 1760. The Balaban J connectivity index is 1.85. The van der Waals surface area contributed by atoms with Crippen LogP contribution in [0.5, 0.6) is 0 Å². The molecule has 28 heteroatoms. The van der Waals surface area contributed by atoms with Crippen LogP contribution in [-0.4, -0.2) is 115 Å². The second-order valence-electron chi connectivity index (χ2n) is 9.20. The summed E-state index contributed by atoms with van der Waals surface area (Å²) in [6.07, 6.45) is 2.78. The number of nitrogens with zero attached hydrogens (tertiary/aromatic N) is 8. The predicted molar refractivity (Wildman–Crippen MR) is 183 cm³/mol. The van der Waals surface area contributed by atoms with Crippen molar-refractivity contribution in [3.05, 3.63) is 23.3 Å². The highest BCUT2D eigenvalue weighted by atomic mass is 32.2. The highest BCUT2D eigenvalue weighted by molar-refractivity contribution is 7.95. The van der Waals surface area contributed by atoms with Gasteiger partial charge in [-0.2, -0.15) is 46.7 Å². The number of aryl methyl sites for hydroxylation is 2. The van der Waals surface area contributed by atoms with E-state index in [2.05, 4.69) is 79.9 Å². The van der Waals surface area contributed by atoms with E-state index in [9.17, 15) is 16.8 Å². The van der Waals surface area contributed by atoms with Crippen LogP contribution < -0.4 is 21.3 Å². The molecule has 3 aromatic rings. The van der Waals surface area contributed by atoms with Gasteiger partial charge in [0.15, 0.2) is 0 Å². The normalized spacial score (nSPS) is 12.1. The van der Waals surface area contributed by atoms with E-state index in [4.69, 9.17) is 19.6 Å². The fraction of sp³-hybridized carbons (Fsp3) is 0.364. The molecule has 0 spiro atoms. The van der Waals surface area contributed by atoms with Gasteiger partial charge in [-0.15, -0.1) is 8.67 Å². The minimum Gasteiger partial charge on any atom is -0.353 e. The van der Waals surface area contributed by atoms with Crippen LogP contribution in [0.15, 0.2) is 22.1 Å². The standard InChI is InChI=1S/C22H30N12O12S4/c1-13-12-16(28-22-33-19(25-5-9-49(37,38)39)30-20(34-22)26-6-10-50(40,41)42)14(2)11-15(13)27-21-31-17(23-3-7-47-45-43-35)29-18(32-21)24-4-8-48-46-44-36/h3-4,11-12,35-36H,5-10H2,1-2H3,(H,37,38,39)(H,40,41,42)(H,27,29,31,32)(H3,25,26,28,30,33,34)/b23-3-,24-4+. The van der Waals surface area contributed by atoms with E-state index >= 15 is 0 Å². The first-order valence-corrected chi connectivity index (χ1v) is 18.6. The lowest BCUT2D eigenvalue weighted by molar-refractivity contribution is -0.432. The molecule has 2 aromatic heterocycles. The van der Waals surface area contributed by atoms with Gasteiger partial charge >= 0.3 is 0 Å². The van der Waals surface area contributed by atoms with Crippen LogP contribution in [0.4, 0.5) is 47.1 Å². The second-order valence-corrected chi connectivity index (χ2v) is 13.8. The van der Waals surface area contributed by atoms with Crippen LogP contribution in [0.3, 0.4) is 0 Å². The highest BCUT2D eigenvalue weighted by Gasteiger charge is 2.14. The van der Waals surface area contributed by atoms with Crippen LogP contribution in [-0.2, 0) is 39.0 Å². The lowest BCUT2D eigenvalue weighted by Crippen LogP contribution is -2.19. The Hall–Kier alpha value is -3.94. The van der Waals surface area contributed by atoms with Crippen LogP contribution in [0.2, 0.25) is 0 Å². The summed E-state index contributed by atoms with van der Waals surface area (Å²) in [5.74, 6) is -1.11. The van der Waals surface area contributed by atoms with Gasteiger partial charge in [-0.25, -0.2) is 20.5 Å². The number of rotatable bonds is 22. The van der Waals surface area contributed by atoms with Gasteiger partial charge in [0, 0.05) is 61.0 Å². The predicted octanol–water partition coefficient (Wildman–Crippen LogP) is 2.30. The van der Waals surface area contributed by atoms with Gasteiger partial charge in [0.25, 0.3) is 32.1 Å². The molecule has 0 aliphatic heterocycles. The Morgan fingerprint density at radius 2 is 1.08 bits per heavy atom. The summed E-state index contributed by atoms with van der Waals surface area (Å²) in [5.41, 5.74) is 2.48. The second kappa shape index (κ2) is 20.0. The molecule has 0 aliphatic rings. The third-order valence-corrected chi connectivity index (χ3v) is 7.78. The topological polar surface area (TPSA) is 336 Å². The molecule has 0 fully saturated rings. The third kappa shape index (κ3) is 15.7. The van der Waals surface area contributed by atoms with Gasteiger partial charge in [-0.3, -0.25) is 9.11 Å². The average Bonchev–Trinajstić information content (AvgIpc) is 3.02. The van der Waals surface area contributed by atoms with Gasteiger partial charge < -0.3 is 21.3 Å². The number of anilines is 6. The van der Waals surface area contributed by atoms with Gasteiger partial charge in [-0.05, 0) is 37.1 Å². The molecular formula is C22H30N12O12S4. The molecule has 274 valence electrons. The first-order chi connectivity index (χ1) is 23.7. The van der Waals surface area contributed by atoms with Crippen LogP contribution in [0.25, 0.3) is 0 Å². The van der Waals surface area contributed by atoms with Crippen molar-refractivity contribution in [3.63, 3.8) is 0 Å². The molecule has 0 amide bonds. The maximum absolute atomic E-state index is 11.1. The molecule has 0 unspecified atom stereocenters. The fourth-order valence-electron chi connectivity index (χ4n) is 3.42.